The highest BCUT2D eigenvalue weighted by Crippen LogP contribution is 2.39. The van der Waals surface area contributed by atoms with Crippen molar-refractivity contribution >= 4 is 5.91 Å². The second-order valence-corrected chi connectivity index (χ2v) is 5.53. The molecular formula is C13H24N2O. The predicted molar refractivity (Wildman–Crippen MR) is 65.1 cm³/mol. The van der Waals surface area contributed by atoms with E-state index in [0.29, 0.717) is 29.7 Å². The van der Waals surface area contributed by atoms with Gasteiger partial charge in [0, 0.05) is 25.0 Å². The average Bonchev–Trinajstić information content (AvgIpc) is 2.98. The molecule has 1 aliphatic carbocycles. The van der Waals surface area contributed by atoms with Gasteiger partial charge in [0.2, 0.25) is 5.91 Å². The molecule has 3 heteroatoms. The molecule has 0 aromatic carbocycles. The number of rotatable bonds is 3. The van der Waals surface area contributed by atoms with Gasteiger partial charge in [-0.3, -0.25) is 4.79 Å². The van der Waals surface area contributed by atoms with Crippen molar-refractivity contribution in [2.75, 3.05) is 19.6 Å². The van der Waals surface area contributed by atoms with Gasteiger partial charge in [0.05, 0.1) is 0 Å². The molecule has 0 spiro atoms. The summed E-state index contributed by atoms with van der Waals surface area (Å²) < 4.78 is 0. The maximum Gasteiger partial charge on any atom is 0.225 e. The number of hydrogen-bond acceptors (Lipinski definition) is 2. The smallest absolute Gasteiger partial charge is 0.225 e. The lowest BCUT2D eigenvalue weighted by molar-refractivity contribution is -0.134. The maximum atomic E-state index is 12.1. The molecule has 4 unspecified atom stereocenters. The van der Waals surface area contributed by atoms with E-state index < -0.39 is 0 Å². The zero-order chi connectivity index (χ0) is 11.7. The Morgan fingerprint density at radius 1 is 1.38 bits per heavy atom. The molecule has 1 heterocycles. The van der Waals surface area contributed by atoms with Crippen molar-refractivity contribution in [3.05, 3.63) is 0 Å². The third kappa shape index (κ3) is 2.40. The van der Waals surface area contributed by atoms with E-state index in [2.05, 4.69) is 31.0 Å². The summed E-state index contributed by atoms with van der Waals surface area (Å²) in [6.07, 6.45) is 2.22. The number of amides is 1. The van der Waals surface area contributed by atoms with Gasteiger partial charge in [0.15, 0.2) is 0 Å². The van der Waals surface area contributed by atoms with Crippen LogP contribution in [0.4, 0.5) is 0 Å². The Bertz CT molecular complexity index is 267. The third-order valence-corrected chi connectivity index (χ3v) is 4.11. The summed E-state index contributed by atoms with van der Waals surface area (Å²) >= 11 is 0. The monoisotopic (exact) mass is 224 g/mol. The van der Waals surface area contributed by atoms with Crippen molar-refractivity contribution in [3.63, 3.8) is 0 Å². The molecule has 1 aliphatic heterocycles. The molecule has 1 amide bonds. The van der Waals surface area contributed by atoms with Crippen molar-refractivity contribution < 1.29 is 4.79 Å². The van der Waals surface area contributed by atoms with E-state index in [-0.39, 0.29) is 0 Å². The summed E-state index contributed by atoms with van der Waals surface area (Å²) in [5.41, 5.74) is 0. The molecule has 0 radical (unpaired) electrons. The molecular weight excluding hydrogens is 200 g/mol. The molecule has 2 aliphatic rings. The summed E-state index contributed by atoms with van der Waals surface area (Å²) in [4.78, 5) is 14.2. The minimum Gasteiger partial charge on any atom is -0.342 e. The van der Waals surface area contributed by atoms with E-state index in [4.69, 9.17) is 0 Å². The number of carbonyl (C=O) groups excluding carboxylic acids is 1. The van der Waals surface area contributed by atoms with Crippen LogP contribution in [0.5, 0.6) is 0 Å². The Morgan fingerprint density at radius 3 is 2.56 bits per heavy atom. The molecule has 2 fully saturated rings. The number of hydrogen-bond donors (Lipinski definition) is 1. The summed E-state index contributed by atoms with van der Waals surface area (Å²) in [5, 5.41) is 3.51. The highest BCUT2D eigenvalue weighted by molar-refractivity contribution is 5.81. The SMILES string of the molecule is CCNC1CCN(C(=O)C2CC2C)CC1C. The van der Waals surface area contributed by atoms with Crippen LogP contribution < -0.4 is 5.32 Å². The summed E-state index contributed by atoms with van der Waals surface area (Å²) in [7, 11) is 0. The van der Waals surface area contributed by atoms with E-state index in [1.807, 2.05) is 0 Å². The minimum absolute atomic E-state index is 0.350. The fourth-order valence-corrected chi connectivity index (χ4v) is 2.81. The van der Waals surface area contributed by atoms with Gasteiger partial charge in [-0.1, -0.05) is 20.8 Å². The number of nitrogens with zero attached hydrogens (tertiary/aromatic N) is 1. The van der Waals surface area contributed by atoms with E-state index in [0.717, 1.165) is 32.5 Å². The van der Waals surface area contributed by atoms with Gasteiger partial charge >= 0.3 is 0 Å². The maximum absolute atomic E-state index is 12.1. The van der Waals surface area contributed by atoms with Crippen molar-refractivity contribution in [3.8, 4) is 0 Å². The van der Waals surface area contributed by atoms with Crippen LogP contribution in [0.2, 0.25) is 0 Å². The molecule has 92 valence electrons. The highest BCUT2D eigenvalue weighted by atomic mass is 16.2. The van der Waals surface area contributed by atoms with Gasteiger partial charge in [-0.2, -0.15) is 0 Å². The quantitative estimate of drug-likeness (QED) is 0.787. The van der Waals surface area contributed by atoms with Crippen LogP contribution in [0.3, 0.4) is 0 Å². The summed E-state index contributed by atoms with van der Waals surface area (Å²) in [5.74, 6) is 1.98. The lowest BCUT2D eigenvalue weighted by Crippen LogP contribution is -2.50. The standard InChI is InChI=1S/C13H24N2O/c1-4-14-12-5-6-15(8-10(12)3)13(16)11-7-9(11)2/h9-12,14H,4-8H2,1-3H3. The molecule has 2 rings (SSSR count). The topological polar surface area (TPSA) is 32.3 Å². The molecule has 1 saturated heterocycles. The van der Waals surface area contributed by atoms with Crippen LogP contribution in [-0.2, 0) is 4.79 Å². The fraction of sp³-hybridized carbons (Fsp3) is 0.923. The lowest BCUT2D eigenvalue weighted by atomic mass is 9.93. The predicted octanol–water partition coefficient (Wildman–Crippen LogP) is 1.49. The zero-order valence-corrected chi connectivity index (χ0v) is 10.7. The van der Waals surface area contributed by atoms with E-state index >= 15 is 0 Å². The number of piperidine rings is 1. The molecule has 3 nitrogen and oxygen atoms in total. The van der Waals surface area contributed by atoms with Crippen LogP contribution >= 0.6 is 0 Å². The first kappa shape index (κ1) is 11.9. The minimum atomic E-state index is 0.350. The first-order chi connectivity index (χ1) is 7.63. The Labute approximate surface area is 98.6 Å². The Morgan fingerprint density at radius 2 is 2.06 bits per heavy atom. The first-order valence-corrected chi connectivity index (χ1v) is 6.65. The largest absolute Gasteiger partial charge is 0.342 e. The molecule has 0 aromatic rings. The van der Waals surface area contributed by atoms with E-state index in [1.54, 1.807) is 0 Å². The van der Waals surface area contributed by atoms with Gasteiger partial charge in [-0.05, 0) is 31.2 Å². The Hall–Kier alpha value is -0.570. The van der Waals surface area contributed by atoms with Gasteiger partial charge in [-0.15, -0.1) is 0 Å². The second kappa shape index (κ2) is 4.74. The highest BCUT2D eigenvalue weighted by Gasteiger charge is 2.42. The number of carbonyl (C=O) groups is 1. The van der Waals surface area contributed by atoms with Crippen LogP contribution in [0.1, 0.15) is 33.6 Å². The van der Waals surface area contributed by atoms with Crippen LogP contribution in [0.25, 0.3) is 0 Å². The normalized spacial score (nSPS) is 38.6. The third-order valence-electron chi connectivity index (χ3n) is 4.11. The summed E-state index contributed by atoms with van der Waals surface area (Å²) in [6.45, 7) is 9.50. The molecule has 16 heavy (non-hydrogen) atoms. The van der Waals surface area contributed by atoms with Crippen LogP contribution in [0.15, 0.2) is 0 Å². The van der Waals surface area contributed by atoms with Crippen molar-refractivity contribution in [2.45, 2.75) is 39.7 Å². The molecule has 1 N–H and O–H groups in total. The molecule has 0 aromatic heterocycles. The van der Waals surface area contributed by atoms with Gasteiger partial charge < -0.3 is 10.2 Å². The van der Waals surface area contributed by atoms with E-state index in [1.165, 1.54) is 0 Å². The van der Waals surface area contributed by atoms with Gasteiger partial charge in [0.25, 0.3) is 0 Å². The zero-order valence-electron chi connectivity index (χ0n) is 10.7. The number of likely N-dealkylation sites (tertiary alicyclic amines) is 1. The fourth-order valence-electron chi connectivity index (χ4n) is 2.81. The van der Waals surface area contributed by atoms with E-state index in [9.17, 15) is 4.79 Å². The molecule has 1 saturated carbocycles. The van der Waals surface area contributed by atoms with Crippen molar-refractivity contribution in [2.24, 2.45) is 17.8 Å². The van der Waals surface area contributed by atoms with Crippen LogP contribution in [0, 0.1) is 17.8 Å². The Balaban J connectivity index is 1.84. The van der Waals surface area contributed by atoms with Gasteiger partial charge in [0.1, 0.15) is 0 Å². The molecule has 4 atom stereocenters. The van der Waals surface area contributed by atoms with Crippen molar-refractivity contribution in [1.29, 1.82) is 0 Å². The first-order valence-electron chi connectivity index (χ1n) is 6.65. The molecule has 0 bridgehead atoms. The van der Waals surface area contributed by atoms with Crippen molar-refractivity contribution in [1.82, 2.24) is 10.2 Å². The lowest BCUT2D eigenvalue weighted by Gasteiger charge is -2.37. The van der Waals surface area contributed by atoms with Gasteiger partial charge in [-0.25, -0.2) is 0 Å². The summed E-state index contributed by atoms with van der Waals surface area (Å²) in [6, 6.07) is 0.602. The van der Waals surface area contributed by atoms with Crippen LogP contribution in [-0.4, -0.2) is 36.5 Å². The second-order valence-electron chi connectivity index (χ2n) is 5.53. The average molecular weight is 224 g/mol. The number of nitrogens with one attached hydrogen (secondary N) is 1. The Kier molecular flexibility index (Phi) is 3.53.